The Morgan fingerprint density at radius 2 is 2.30 bits per heavy atom. The van der Waals surface area contributed by atoms with E-state index in [-0.39, 0.29) is 5.97 Å². The number of carbonyl (C=O) groups excluding carboxylic acids is 1. The first-order valence-electron chi connectivity index (χ1n) is 3.65. The Morgan fingerprint density at radius 3 is 2.70 bits per heavy atom. The second-order valence-electron chi connectivity index (χ2n) is 2.47. The molecule has 0 aromatic heterocycles. The molecule has 0 heterocycles. The average molecular weight is 143 g/mol. The summed E-state index contributed by atoms with van der Waals surface area (Å²) in [5.74, 6) is 0.241. The van der Waals surface area contributed by atoms with Crippen LogP contribution >= 0.6 is 0 Å². The maximum Gasteiger partial charge on any atom is 0.305 e. The van der Waals surface area contributed by atoms with E-state index in [2.05, 4.69) is 6.92 Å². The average Bonchev–Trinajstić information content (AvgIpc) is 1.87. The van der Waals surface area contributed by atoms with Gasteiger partial charge in [-0.15, -0.1) is 0 Å². The van der Waals surface area contributed by atoms with Crippen LogP contribution in [0.25, 0.3) is 0 Å². The maximum atomic E-state index is 10.6. The van der Waals surface area contributed by atoms with Crippen LogP contribution in [0.3, 0.4) is 0 Å². The Balaban J connectivity index is 3.12. The van der Waals surface area contributed by atoms with Crippen molar-refractivity contribution in [1.29, 1.82) is 0 Å². The molecule has 2 nitrogen and oxygen atoms in total. The van der Waals surface area contributed by atoms with Gasteiger partial charge in [0.05, 0.1) is 6.61 Å². The molecule has 1 unspecified atom stereocenters. The standard InChI is InChI=1S/C8H15O2/c1-4-8(9)10-6-5-7(2)3/h7H,2,4-6H2,1,3H3. The lowest BCUT2D eigenvalue weighted by molar-refractivity contribution is -0.143. The minimum Gasteiger partial charge on any atom is -0.466 e. The Labute approximate surface area is 62.6 Å². The van der Waals surface area contributed by atoms with E-state index in [9.17, 15) is 4.79 Å². The Bertz CT molecular complexity index is 97.4. The number of carbonyl (C=O) groups is 1. The zero-order chi connectivity index (χ0) is 7.98. The molecule has 2 heteroatoms. The molecule has 59 valence electrons. The third-order valence-corrected chi connectivity index (χ3v) is 1.16. The van der Waals surface area contributed by atoms with Gasteiger partial charge in [-0.2, -0.15) is 0 Å². The second-order valence-corrected chi connectivity index (χ2v) is 2.47. The van der Waals surface area contributed by atoms with E-state index < -0.39 is 0 Å². The molecule has 0 bridgehead atoms. The van der Waals surface area contributed by atoms with Gasteiger partial charge in [-0.3, -0.25) is 4.79 Å². The summed E-state index contributed by atoms with van der Waals surface area (Å²) >= 11 is 0. The normalized spacial score (nSPS) is 10.0. The highest BCUT2D eigenvalue weighted by Crippen LogP contribution is 1.98. The zero-order valence-electron chi connectivity index (χ0n) is 6.72. The summed E-state index contributed by atoms with van der Waals surface area (Å²) in [7, 11) is 0. The third kappa shape index (κ3) is 5.60. The van der Waals surface area contributed by atoms with Crippen LogP contribution in [0.2, 0.25) is 0 Å². The molecule has 0 aliphatic rings. The van der Waals surface area contributed by atoms with Crippen molar-refractivity contribution < 1.29 is 9.53 Å². The van der Waals surface area contributed by atoms with Crippen LogP contribution in [0.5, 0.6) is 0 Å². The number of ether oxygens (including phenoxy) is 1. The van der Waals surface area contributed by atoms with E-state index in [1.807, 2.05) is 6.92 Å². The molecule has 0 aliphatic carbocycles. The summed E-state index contributed by atoms with van der Waals surface area (Å²) in [6.45, 7) is 8.07. The first kappa shape index (κ1) is 9.47. The summed E-state index contributed by atoms with van der Waals surface area (Å²) in [5, 5.41) is 0. The van der Waals surface area contributed by atoms with E-state index in [1.54, 1.807) is 6.92 Å². The minimum atomic E-state index is -0.124. The first-order chi connectivity index (χ1) is 4.66. The molecule has 0 aliphatic heterocycles. The lowest BCUT2D eigenvalue weighted by Crippen LogP contribution is -2.05. The van der Waals surface area contributed by atoms with Gasteiger partial charge in [-0.25, -0.2) is 0 Å². The van der Waals surface area contributed by atoms with E-state index in [0.29, 0.717) is 18.9 Å². The molecular weight excluding hydrogens is 128 g/mol. The summed E-state index contributed by atoms with van der Waals surface area (Å²) in [5.41, 5.74) is 0. The first-order valence-corrected chi connectivity index (χ1v) is 3.65. The minimum absolute atomic E-state index is 0.124. The molecule has 0 amide bonds. The number of esters is 1. The van der Waals surface area contributed by atoms with Crippen molar-refractivity contribution in [3.8, 4) is 0 Å². The van der Waals surface area contributed by atoms with E-state index in [1.165, 1.54) is 0 Å². The summed E-state index contributed by atoms with van der Waals surface area (Å²) in [6, 6.07) is 0. The van der Waals surface area contributed by atoms with Crippen molar-refractivity contribution in [2.45, 2.75) is 26.7 Å². The lowest BCUT2D eigenvalue weighted by atomic mass is 10.1. The maximum absolute atomic E-state index is 10.6. The van der Waals surface area contributed by atoms with Crippen LogP contribution < -0.4 is 0 Å². The quantitative estimate of drug-likeness (QED) is 0.561. The monoisotopic (exact) mass is 143 g/mol. The van der Waals surface area contributed by atoms with Crippen molar-refractivity contribution in [2.24, 2.45) is 5.92 Å². The fourth-order valence-corrected chi connectivity index (χ4v) is 0.476. The third-order valence-electron chi connectivity index (χ3n) is 1.16. The van der Waals surface area contributed by atoms with Gasteiger partial charge in [-0.05, 0) is 12.3 Å². The van der Waals surface area contributed by atoms with Gasteiger partial charge in [0.2, 0.25) is 0 Å². The number of hydrogen-bond donors (Lipinski definition) is 0. The van der Waals surface area contributed by atoms with Crippen LogP contribution in [0.1, 0.15) is 26.7 Å². The van der Waals surface area contributed by atoms with E-state index in [0.717, 1.165) is 6.42 Å². The highest BCUT2D eigenvalue weighted by atomic mass is 16.5. The van der Waals surface area contributed by atoms with Crippen LogP contribution in [-0.4, -0.2) is 12.6 Å². The van der Waals surface area contributed by atoms with Crippen molar-refractivity contribution >= 4 is 5.97 Å². The Morgan fingerprint density at radius 1 is 1.70 bits per heavy atom. The fourth-order valence-electron chi connectivity index (χ4n) is 0.476. The van der Waals surface area contributed by atoms with Crippen molar-refractivity contribution in [3.63, 3.8) is 0 Å². The zero-order valence-corrected chi connectivity index (χ0v) is 6.72. The Hall–Kier alpha value is -0.530. The summed E-state index contributed by atoms with van der Waals surface area (Å²) < 4.78 is 4.82. The van der Waals surface area contributed by atoms with Crippen molar-refractivity contribution in [3.05, 3.63) is 6.92 Å². The van der Waals surface area contributed by atoms with Gasteiger partial charge in [0.15, 0.2) is 0 Å². The molecular formula is C8H15O2. The molecule has 0 saturated heterocycles. The molecule has 0 spiro atoms. The highest BCUT2D eigenvalue weighted by molar-refractivity contribution is 5.68. The highest BCUT2D eigenvalue weighted by Gasteiger charge is 1.98. The molecule has 0 fully saturated rings. The number of hydrogen-bond acceptors (Lipinski definition) is 2. The van der Waals surface area contributed by atoms with Crippen molar-refractivity contribution in [1.82, 2.24) is 0 Å². The second kappa shape index (κ2) is 5.27. The van der Waals surface area contributed by atoms with Gasteiger partial charge in [-0.1, -0.05) is 20.8 Å². The van der Waals surface area contributed by atoms with Crippen LogP contribution in [-0.2, 0) is 9.53 Å². The van der Waals surface area contributed by atoms with Gasteiger partial charge in [0.25, 0.3) is 0 Å². The van der Waals surface area contributed by atoms with Gasteiger partial charge >= 0.3 is 5.97 Å². The van der Waals surface area contributed by atoms with Crippen LogP contribution in [0.15, 0.2) is 0 Å². The fraction of sp³-hybridized carbons (Fsp3) is 0.750. The number of rotatable bonds is 4. The summed E-state index contributed by atoms with van der Waals surface area (Å²) in [6.07, 6.45) is 1.32. The van der Waals surface area contributed by atoms with Crippen molar-refractivity contribution in [2.75, 3.05) is 6.61 Å². The molecule has 0 aromatic rings. The molecule has 1 radical (unpaired) electrons. The predicted octanol–water partition coefficient (Wildman–Crippen LogP) is 1.80. The van der Waals surface area contributed by atoms with E-state index in [4.69, 9.17) is 4.74 Å². The van der Waals surface area contributed by atoms with E-state index >= 15 is 0 Å². The molecule has 10 heavy (non-hydrogen) atoms. The van der Waals surface area contributed by atoms with Gasteiger partial charge in [0, 0.05) is 6.42 Å². The largest absolute Gasteiger partial charge is 0.466 e. The van der Waals surface area contributed by atoms with Crippen LogP contribution in [0.4, 0.5) is 0 Å². The molecule has 0 rings (SSSR count). The van der Waals surface area contributed by atoms with Gasteiger partial charge in [0.1, 0.15) is 0 Å². The lowest BCUT2D eigenvalue weighted by Gasteiger charge is -2.04. The molecule has 0 N–H and O–H groups in total. The predicted molar refractivity (Wildman–Crippen MR) is 40.4 cm³/mol. The molecule has 1 atom stereocenters. The summed E-state index contributed by atoms with van der Waals surface area (Å²) in [4.78, 5) is 10.6. The topological polar surface area (TPSA) is 26.3 Å². The molecule has 0 saturated carbocycles. The van der Waals surface area contributed by atoms with Crippen LogP contribution in [0, 0.1) is 12.8 Å². The smallest absolute Gasteiger partial charge is 0.305 e. The van der Waals surface area contributed by atoms with Gasteiger partial charge < -0.3 is 4.74 Å². The Kier molecular flexibility index (Phi) is 4.99. The SMILES string of the molecule is [CH2]C(C)CCOC(=O)CC. The molecule has 0 aromatic carbocycles.